The first-order valence-electron chi connectivity index (χ1n) is 10.3. The number of nitriles is 1. The standard InChI is InChI=1S/C23H23N7O2/c1-16(31)27-18-6-4-7-19(13-18)28-22-25-15-26-23(29-22)30-11-9-20(10-12-30)32-21-8-3-2-5-17(21)14-24/h2-8,13,15,20H,9-12H2,1H3,(H,27,31)(H,25,26,28,29). The highest BCUT2D eigenvalue weighted by molar-refractivity contribution is 5.89. The molecule has 0 saturated carbocycles. The number of anilines is 4. The molecule has 4 rings (SSSR count). The smallest absolute Gasteiger partial charge is 0.231 e. The van der Waals surface area contributed by atoms with E-state index < -0.39 is 0 Å². The van der Waals surface area contributed by atoms with E-state index in [1.54, 1.807) is 6.07 Å². The van der Waals surface area contributed by atoms with Crippen molar-refractivity contribution in [3.05, 3.63) is 60.4 Å². The van der Waals surface area contributed by atoms with Crippen LogP contribution in [0.2, 0.25) is 0 Å². The number of carbonyl (C=O) groups is 1. The molecule has 0 radical (unpaired) electrons. The lowest BCUT2D eigenvalue weighted by Gasteiger charge is -2.32. The number of carbonyl (C=O) groups excluding carboxylic acids is 1. The predicted octanol–water partition coefficient (Wildman–Crippen LogP) is 3.49. The lowest BCUT2D eigenvalue weighted by molar-refractivity contribution is -0.114. The third-order valence-electron chi connectivity index (χ3n) is 5.02. The summed E-state index contributed by atoms with van der Waals surface area (Å²) < 4.78 is 6.06. The van der Waals surface area contributed by atoms with Gasteiger partial charge in [0.2, 0.25) is 17.8 Å². The maximum Gasteiger partial charge on any atom is 0.231 e. The minimum atomic E-state index is -0.131. The number of benzene rings is 2. The van der Waals surface area contributed by atoms with Crippen LogP contribution in [-0.4, -0.2) is 40.1 Å². The van der Waals surface area contributed by atoms with Gasteiger partial charge in [0.05, 0.1) is 5.56 Å². The maximum atomic E-state index is 11.3. The van der Waals surface area contributed by atoms with E-state index in [1.165, 1.54) is 13.3 Å². The molecule has 0 unspecified atom stereocenters. The average Bonchev–Trinajstić information content (AvgIpc) is 2.80. The number of nitrogens with zero attached hydrogens (tertiary/aromatic N) is 5. The Morgan fingerprint density at radius 2 is 1.91 bits per heavy atom. The maximum absolute atomic E-state index is 11.3. The van der Waals surface area contributed by atoms with E-state index in [9.17, 15) is 10.1 Å². The summed E-state index contributed by atoms with van der Waals surface area (Å²) in [7, 11) is 0. The molecule has 1 saturated heterocycles. The highest BCUT2D eigenvalue weighted by atomic mass is 16.5. The molecule has 0 aliphatic carbocycles. The normalized spacial score (nSPS) is 13.8. The second-order valence-electron chi connectivity index (χ2n) is 7.41. The molecule has 0 atom stereocenters. The van der Waals surface area contributed by atoms with Crippen molar-refractivity contribution in [1.82, 2.24) is 15.0 Å². The fourth-order valence-corrected chi connectivity index (χ4v) is 3.52. The second-order valence-corrected chi connectivity index (χ2v) is 7.41. The zero-order chi connectivity index (χ0) is 22.3. The molecule has 9 nitrogen and oxygen atoms in total. The molecule has 0 bridgehead atoms. The Bertz CT molecular complexity index is 1140. The topological polar surface area (TPSA) is 116 Å². The van der Waals surface area contributed by atoms with E-state index in [2.05, 4.69) is 36.6 Å². The van der Waals surface area contributed by atoms with Crippen LogP contribution in [0, 0.1) is 11.3 Å². The number of piperidine rings is 1. The molecule has 1 aromatic heterocycles. The van der Waals surface area contributed by atoms with Gasteiger partial charge in [0.15, 0.2) is 0 Å². The average molecular weight is 429 g/mol. The molecule has 9 heteroatoms. The molecule has 162 valence electrons. The Hall–Kier alpha value is -4.19. The molecule has 1 amide bonds. The van der Waals surface area contributed by atoms with Crippen molar-refractivity contribution in [2.75, 3.05) is 28.6 Å². The summed E-state index contributed by atoms with van der Waals surface area (Å²) in [6.45, 7) is 2.94. The zero-order valence-electron chi connectivity index (χ0n) is 17.7. The van der Waals surface area contributed by atoms with Gasteiger partial charge in [0, 0.05) is 44.2 Å². The van der Waals surface area contributed by atoms with E-state index in [0.717, 1.165) is 31.6 Å². The molecule has 1 aliphatic heterocycles. The summed E-state index contributed by atoms with van der Waals surface area (Å²) in [4.78, 5) is 26.4. The number of amides is 1. The van der Waals surface area contributed by atoms with Crippen LogP contribution < -0.4 is 20.3 Å². The van der Waals surface area contributed by atoms with E-state index in [-0.39, 0.29) is 12.0 Å². The van der Waals surface area contributed by atoms with Crippen molar-refractivity contribution in [2.24, 2.45) is 0 Å². The Morgan fingerprint density at radius 3 is 2.69 bits per heavy atom. The van der Waals surface area contributed by atoms with Crippen LogP contribution in [0.25, 0.3) is 0 Å². The fourth-order valence-electron chi connectivity index (χ4n) is 3.52. The second kappa shape index (κ2) is 9.75. The van der Waals surface area contributed by atoms with Crippen molar-refractivity contribution in [2.45, 2.75) is 25.9 Å². The molecular weight excluding hydrogens is 406 g/mol. The molecule has 2 heterocycles. The van der Waals surface area contributed by atoms with Gasteiger partial charge in [-0.1, -0.05) is 18.2 Å². The number of ether oxygens (including phenoxy) is 1. The first kappa shape index (κ1) is 21.1. The molecule has 0 spiro atoms. The summed E-state index contributed by atoms with van der Waals surface area (Å²) in [6, 6.07) is 16.8. The van der Waals surface area contributed by atoms with Gasteiger partial charge in [-0.2, -0.15) is 10.2 Å². The lowest BCUT2D eigenvalue weighted by Crippen LogP contribution is -2.39. The number of nitrogens with one attached hydrogen (secondary N) is 2. The molecule has 3 aromatic rings. The van der Waals surface area contributed by atoms with Gasteiger partial charge < -0.3 is 20.3 Å². The fraction of sp³-hybridized carbons (Fsp3) is 0.261. The molecule has 1 aliphatic rings. The van der Waals surface area contributed by atoms with Crippen molar-refractivity contribution in [3.63, 3.8) is 0 Å². The van der Waals surface area contributed by atoms with Crippen LogP contribution in [0.1, 0.15) is 25.3 Å². The highest BCUT2D eigenvalue weighted by Crippen LogP contribution is 2.24. The number of hydrogen-bond acceptors (Lipinski definition) is 8. The number of aromatic nitrogens is 3. The Labute approximate surface area is 186 Å². The van der Waals surface area contributed by atoms with Crippen LogP contribution in [0.4, 0.5) is 23.3 Å². The van der Waals surface area contributed by atoms with Gasteiger partial charge in [0.25, 0.3) is 0 Å². The molecular formula is C23H23N7O2. The zero-order valence-corrected chi connectivity index (χ0v) is 17.7. The van der Waals surface area contributed by atoms with E-state index in [1.807, 2.05) is 42.5 Å². The van der Waals surface area contributed by atoms with Gasteiger partial charge in [-0.3, -0.25) is 4.79 Å². The van der Waals surface area contributed by atoms with E-state index >= 15 is 0 Å². The lowest BCUT2D eigenvalue weighted by atomic mass is 10.1. The summed E-state index contributed by atoms with van der Waals surface area (Å²) in [5, 5.41) is 15.1. The van der Waals surface area contributed by atoms with Crippen molar-refractivity contribution in [3.8, 4) is 11.8 Å². The summed E-state index contributed by atoms with van der Waals surface area (Å²) in [6.07, 6.45) is 3.12. The van der Waals surface area contributed by atoms with Gasteiger partial charge in [-0.25, -0.2) is 9.97 Å². The Morgan fingerprint density at radius 1 is 1.12 bits per heavy atom. The molecule has 2 aromatic carbocycles. The highest BCUT2D eigenvalue weighted by Gasteiger charge is 2.23. The largest absolute Gasteiger partial charge is 0.489 e. The third kappa shape index (κ3) is 5.29. The number of rotatable bonds is 6. The summed E-state index contributed by atoms with van der Waals surface area (Å²) in [5.41, 5.74) is 2.00. The van der Waals surface area contributed by atoms with Crippen molar-refractivity contribution in [1.29, 1.82) is 5.26 Å². The SMILES string of the molecule is CC(=O)Nc1cccc(Nc2ncnc(N3CCC(Oc4ccccc4C#N)CC3)n2)c1. The summed E-state index contributed by atoms with van der Waals surface area (Å²) in [5.74, 6) is 1.52. The first-order valence-corrected chi connectivity index (χ1v) is 10.3. The first-order chi connectivity index (χ1) is 15.6. The summed E-state index contributed by atoms with van der Waals surface area (Å²) >= 11 is 0. The molecule has 32 heavy (non-hydrogen) atoms. The number of hydrogen-bond donors (Lipinski definition) is 2. The molecule has 1 fully saturated rings. The van der Waals surface area contributed by atoms with E-state index in [4.69, 9.17) is 4.74 Å². The predicted molar refractivity (Wildman–Crippen MR) is 121 cm³/mol. The van der Waals surface area contributed by atoms with Gasteiger partial charge in [-0.05, 0) is 30.3 Å². The number of para-hydroxylation sites is 1. The van der Waals surface area contributed by atoms with E-state index in [0.29, 0.717) is 28.9 Å². The van der Waals surface area contributed by atoms with Crippen molar-refractivity contribution >= 4 is 29.2 Å². The van der Waals surface area contributed by atoms with Gasteiger partial charge >= 0.3 is 0 Å². The van der Waals surface area contributed by atoms with Crippen LogP contribution in [0.15, 0.2) is 54.9 Å². The van der Waals surface area contributed by atoms with Gasteiger partial charge in [0.1, 0.15) is 24.3 Å². The van der Waals surface area contributed by atoms with Crippen LogP contribution in [-0.2, 0) is 4.79 Å². The van der Waals surface area contributed by atoms with Gasteiger partial charge in [-0.15, -0.1) is 0 Å². The Kier molecular flexibility index (Phi) is 6.41. The van der Waals surface area contributed by atoms with Crippen LogP contribution in [0.3, 0.4) is 0 Å². The van der Waals surface area contributed by atoms with Crippen LogP contribution in [0.5, 0.6) is 5.75 Å². The quantitative estimate of drug-likeness (QED) is 0.612. The molecule has 2 N–H and O–H groups in total. The Balaban J connectivity index is 1.37. The third-order valence-corrected chi connectivity index (χ3v) is 5.02. The van der Waals surface area contributed by atoms with Crippen molar-refractivity contribution < 1.29 is 9.53 Å². The minimum absolute atomic E-state index is 0.0386. The monoisotopic (exact) mass is 429 g/mol. The van der Waals surface area contributed by atoms with Crippen LogP contribution >= 0.6 is 0 Å². The minimum Gasteiger partial charge on any atom is -0.489 e.